The Balaban J connectivity index is 1.34. The summed E-state index contributed by atoms with van der Waals surface area (Å²) in [5.41, 5.74) is 6.64. The molecule has 9 nitrogen and oxygen atoms in total. The molecule has 1 aromatic carbocycles. The van der Waals surface area contributed by atoms with Crippen LogP contribution in [0.4, 0.5) is 17.1 Å². The molecule has 5 heterocycles. The summed E-state index contributed by atoms with van der Waals surface area (Å²) < 4.78 is 31.5. The molecule has 0 unspecified atom stereocenters. The van der Waals surface area contributed by atoms with E-state index in [4.69, 9.17) is 0 Å². The molecule has 10 heteroatoms. The van der Waals surface area contributed by atoms with Gasteiger partial charge in [-0.15, -0.1) is 0 Å². The molecule has 192 valence electrons. The smallest absolute Gasteiger partial charge is 0.279 e. The van der Waals surface area contributed by atoms with E-state index in [0.29, 0.717) is 11.3 Å². The lowest BCUT2D eigenvalue weighted by atomic mass is 10.0. The second-order valence-electron chi connectivity index (χ2n) is 9.98. The van der Waals surface area contributed by atoms with E-state index in [1.54, 1.807) is 24.5 Å². The molecule has 0 bridgehead atoms. The largest absolute Gasteiger partial charge is 0.374 e. The molecule has 2 aliphatic heterocycles. The van der Waals surface area contributed by atoms with Gasteiger partial charge in [0.1, 0.15) is 5.65 Å². The quantitative estimate of drug-likeness (QED) is 0.435. The topological polar surface area (TPSA) is 86.6 Å². The van der Waals surface area contributed by atoms with Gasteiger partial charge in [0, 0.05) is 70.5 Å². The highest BCUT2D eigenvalue weighted by Gasteiger charge is 2.23. The second-order valence-corrected chi connectivity index (χ2v) is 11.6. The molecule has 0 atom stereocenters. The van der Waals surface area contributed by atoms with E-state index in [9.17, 15) is 8.42 Å². The molecule has 0 amide bonds. The van der Waals surface area contributed by atoms with Crippen molar-refractivity contribution in [3.63, 3.8) is 0 Å². The molecule has 37 heavy (non-hydrogen) atoms. The summed E-state index contributed by atoms with van der Waals surface area (Å²) in [5.74, 6) is 0. The maximum atomic E-state index is 13.4. The molecule has 4 aromatic rings. The second kappa shape index (κ2) is 9.04. The first-order chi connectivity index (χ1) is 17.8. The Morgan fingerprint density at radius 1 is 0.919 bits per heavy atom. The zero-order valence-electron chi connectivity index (χ0n) is 21.3. The number of aryl methyl sites for hydroxylation is 1. The minimum Gasteiger partial charge on any atom is -0.374 e. The lowest BCUT2D eigenvalue weighted by Gasteiger charge is -2.33. The number of pyridine rings is 2. The SMILES string of the molecule is CN1CCN(c2ccc(S(=O)(=O)Nc3ccnc4c3c(-c3ccc5c(c3)N(C)CC5)cn4C)nc2)CC1. The Morgan fingerprint density at radius 2 is 1.73 bits per heavy atom. The van der Waals surface area contributed by atoms with E-state index in [1.165, 1.54) is 11.3 Å². The predicted octanol–water partition coefficient (Wildman–Crippen LogP) is 3.18. The van der Waals surface area contributed by atoms with Gasteiger partial charge in [-0.25, -0.2) is 9.97 Å². The van der Waals surface area contributed by atoms with E-state index in [1.807, 2.05) is 23.9 Å². The number of fused-ring (bicyclic) bond motifs is 2. The number of nitrogens with zero attached hydrogens (tertiary/aromatic N) is 6. The van der Waals surface area contributed by atoms with E-state index in [0.717, 1.165) is 61.3 Å². The highest BCUT2D eigenvalue weighted by molar-refractivity contribution is 7.92. The number of likely N-dealkylation sites (N-methyl/N-ethyl adjacent to an activating group) is 2. The molecular weight excluding hydrogens is 486 g/mol. The normalized spacial score (nSPS) is 16.4. The van der Waals surface area contributed by atoms with Crippen LogP contribution in [-0.2, 0) is 23.5 Å². The van der Waals surface area contributed by atoms with Crippen molar-refractivity contribution in [2.45, 2.75) is 11.4 Å². The Morgan fingerprint density at radius 3 is 2.49 bits per heavy atom. The van der Waals surface area contributed by atoms with Crippen LogP contribution in [0.2, 0.25) is 0 Å². The molecule has 6 rings (SSSR count). The molecule has 1 N–H and O–H groups in total. The van der Waals surface area contributed by atoms with Crippen LogP contribution in [0.15, 0.2) is 60.0 Å². The molecule has 2 aliphatic rings. The van der Waals surface area contributed by atoms with Crippen molar-refractivity contribution < 1.29 is 8.42 Å². The Labute approximate surface area is 217 Å². The fourth-order valence-corrected chi connectivity index (χ4v) is 6.30. The third kappa shape index (κ3) is 4.30. The number of piperazine rings is 1. The Bertz CT molecular complexity index is 1570. The summed E-state index contributed by atoms with van der Waals surface area (Å²) in [6.45, 7) is 4.74. The standard InChI is InChI=1S/C27H31N7O2S/c1-31-12-14-34(15-13-31)21-6-7-25(29-17-21)37(35,36)30-23-8-10-28-27-26(23)22(18-33(27)3)20-5-4-19-9-11-32(2)24(19)16-20/h4-8,10,16-18H,9,11-15H2,1-3H3,(H,28,30). The van der Waals surface area contributed by atoms with Crippen LogP contribution in [-0.4, -0.2) is 74.7 Å². The third-order valence-electron chi connectivity index (χ3n) is 7.49. The van der Waals surface area contributed by atoms with Crippen LogP contribution in [0.3, 0.4) is 0 Å². The minimum atomic E-state index is -3.90. The number of benzene rings is 1. The highest BCUT2D eigenvalue weighted by Crippen LogP contribution is 2.38. The zero-order chi connectivity index (χ0) is 25.7. The first kappa shape index (κ1) is 23.7. The van der Waals surface area contributed by atoms with Crippen molar-refractivity contribution >= 4 is 38.1 Å². The number of hydrogen-bond donors (Lipinski definition) is 1. The maximum absolute atomic E-state index is 13.4. The van der Waals surface area contributed by atoms with Gasteiger partial charge in [0.2, 0.25) is 0 Å². The predicted molar refractivity (Wildman–Crippen MR) is 148 cm³/mol. The monoisotopic (exact) mass is 517 g/mol. The van der Waals surface area contributed by atoms with Crippen LogP contribution in [0.25, 0.3) is 22.2 Å². The van der Waals surface area contributed by atoms with Gasteiger partial charge in [0.05, 0.1) is 23.0 Å². The molecule has 0 spiro atoms. The van der Waals surface area contributed by atoms with Crippen LogP contribution in [0.5, 0.6) is 0 Å². The van der Waals surface area contributed by atoms with Gasteiger partial charge in [0.15, 0.2) is 5.03 Å². The van der Waals surface area contributed by atoms with Crippen molar-refractivity contribution in [1.82, 2.24) is 19.4 Å². The fourth-order valence-electron chi connectivity index (χ4n) is 5.29. The summed E-state index contributed by atoms with van der Waals surface area (Å²) in [5, 5.41) is 0.759. The maximum Gasteiger partial charge on any atom is 0.279 e. The van der Waals surface area contributed by atoms with E-state index >= 15 is 0 Å². The molecule has 0 radical (unpaired) electrons. The van der Waals surface area contributed by atoms with Gasteiger partial charge in [-0.2, -0.15) is 8.42 Å². The first-order valence-corrected chi connectivity index (χ1v) is 14.0. The molecule has 0 aliphatic carbocycles. The summed E-state index contributed by atoms with van der Waals surface area (Å²) in [4.78, 5) is 15.6. The van der Waals surface area contributed by atoms with Gasteiger partial charge in [-0.1, -0.05) is 12.1 Å². The average molecular weight is 518 g/mol. The molecule has 1 fully saturated rings. The third-order valence-corrected chi connectivity index (χ3v) is 8.77. The van der Waals surface area contributed by atoms with Crippen molar-refractivity contribution in [2.75, 3.05) is 61.3 Å². The molecule has 3 aromatic heterocycles. The summed E-state index contributed by atoms with van der Waals surface area (Å²) in [6.07, 6.45) is 6.32. The highest BCUT2D eigenvalue weighted by atomic mass is 32.2. The number of anilines is 3. The van der Waals surface area contributed by atoms with Gasteiger partial charge in [-0.3, -0.25) is 4.72 Å². The van der Waals surface area contributed by atoms with Crippen molar-refractivity contribution in [2.24, 2.45) is 7.05 Å². The number of sulfonamides is 1. The fraction of sp³-hybridized carbons (Fsp3) is 0.333. The average Bonchev–Trinajstić information content (AvgIpc) is 3.44. The lowest BCUT2D eigenvalue weighted by Crippen LogP contribution is -2.44. The van der Waals surface area contributed by atoms with Crippen LogP contribution in [0.1, 0.15) is 5.56 Å². The van der Waals surface area contributed by atoms with Gasteiger partial charge in [0.25, 0.3) is 10.0 Å². The summed E-state index contributed by atoms with van der Waals surface area (Å²) >= 11 is 0. The molecule has 1 saturated heterocycles. The summed E-state index contributed by atoms with van der Waals surface area (Å²) in [6, 6.07) is 11.6. The van der Waals surface area contributed by atoms with Gasteiger partial charge in [-0.05, 0) is 48.9 Å². The lowest BCUT2D eigenvalue weighted by molar-refractivity contribution is 0.313. The number of hydrogen-bond acceptors (Lipinski definition) is 7. The first-order valence-electron chi connectivity index (χ1n) is 12.5. The Kier molecular flexibility index (Phi) is 5.80. The van der Waals surface area contributed by atoms with E-state index in [2.05, 4.69) is 61.7 Å². The van der Waals surface area contributed by atoms with Gasteiger partial charge >= 0.3 is 0 Å². The van der Waals surface area contributed by atoms with Crippen molar-refractivity contribution in [1.29, 1.82) is 0 Å². The van der Waals surface area contributed by atoms with Crippen molar-refractivity contribution in [3.05, 3.63) is 60.6 Å². The van der Waals surface area contributed by atoms with E-state index in [-0.39, 0.29) is 5.03 Å². The number of aromatic nitrogens is 3. The van der Waals surface area contributed by atoms with Crippen LogP contribution < -0.4 is 14.5 Å². The molecule has 0 saturated carbocycles. The summed E-state index contributed by atoms with van der Waals surface area (Å²) in [7, 11) is 2.23. The van der Waals surface area contributed by atoms with Crippen molar-refractivity contribution in [3.8, 4) is 11.1 Å². The Hall–Kier alpha value is -3.63. The van der Waals surface area contributed by atoms with E-state index < -0.39 is 10.0 Å². The number of rotatable bonds is 5. The van der Waals surface area contributed by atoms with Crippen LogP contribution in [0, 0.1) is 0 Å². The van der Waals surface area contributed by atoms with Gasteiger partial charge < -0.3 is 19.3 Å². The van der Waals surface area contributed by atoms with Crippen LogP contribution >= 0.6 is 0 Å². The minimum absolute atomic E-state index is 0.00743. The zero-order valence-corrected chi connectivity index (χ0v) is 22.2. The number of nitrogens with one attached hydrogen (secondary N) is 1. The molecular formula is C27H31N7O2S.